The van der Waals surface area contributed by atoms with Gasteiger partial charge in [0.05, 0.1) is 12.8 Å². The van der Waals surface area contributed by atoms with Gasteiger partial charge in [-0.2, -0.15) is 0 Å². The van der Waals surface area contributed by atoms with Crippen LogP contribution in [0.3, 0.4) is 0 Å². The maximum atomic E-state index is 10.3. The summed E-state index contributed by atoms with van der Waals surface area (Å²) >= 11 is 0. The number of rotatable bonds is 21. The molecule has 0 saturated carbocycles. The van der Waals surface area contributed by atoms with Crippen LogP contribution in [-0.4, -0.2) is 79.1 Å². The Bertz CT molecular complexity index is 627. The van der Waals surface area contributed by atoms with Gasteiger partial charge >= 0.3 is 70.5 Å². The molecule has 39 heavy (non-hydrogen) atoms. The van der Waals surface area contributed by atoms with E-state index in [9.17, 15) is 24.3 Å². The Kier molecular flexibility index (Phi) is 40.4. The normalized spacial score (nSPS) is 9.79. The van der Waals surface area contributed by atoms with Crippen LogP contribution in [0.1, 0.15) is 122 Å². The second-order valence-corrected chi connectivity index (χ2v) is 8.80. The van der Waals surface area contributed by atoms with E-state index < -0.39 is 48.5 Å². The molecular weight excluding hydrogens is 540 g/mol. The fourth-order valence-corrected chi connectivity index (χ4v) is 3.35. The molecule has 0 aliphatic carbocycles. The smallest absolute Gasteiger partial charge is 0.652 e. The molecule has 0 aromatic heterocycles. The van der Waals surface area contributed by atoms with Crippen LogP contribution in [0.15, 0.2) is 0 Å². The maximum Gasteiger partial charge on any atom is 2.00 e. The van der Waals surface area contributed by atoms with Crippen molar-refractivity contribution >= 4 is 53.1 Å². The third-order valence-electron chi connectivity index (χ3n) is 5.27. The SMILES string of the molecule is CCCCCCCCCCCCCCCCCC(=O)[O-].O=C(O)CC(O)(CC(=O)O)C(=O)O.O=C([O-])[O-].[Mg+2].[Na+]. The first-order chi connectivity index (χ1) is 17.3. The van der Waals surface area contributed by atoms with E-state index in [1.54, 1.807) is 0 Å². The number of aliphatic carboxylic acids is 4. The van der Waals surface area contributed by atoms with Crippen LogP contribution in [0, 0.1) is 0 Å². The molecule has 0 aromatic carbocycles. The van der Waals surface area contributed by atoms with Gasteiger partial charge in [0.15, 0.2) is 5.60 Å². The Morgan fingerprint density at radius 3 is 1.05 bits per heavy atom. The molecule has 0 spiro atoms. The van der Waals surface area contributed by atoms with Gasteiger partial charge in [-0.3, -0.25) is 9.59 Å². The first-order valence-corrected chi connectivity index (χ1v) is 12.8. The van der Waals surface area contributed by atoms with E-state index in [0.717, 1.165) is 12.8 Å². The standard InChI is InChI=1S/C18H36O2.C6H8O7.CH2O3.Mg.Na/c1-2-3-4-5-6-7-8-9-10-11-12-13-14-15-16-17-18(19)20;7-3(8)1-6(13,5(11)12)2-4(9)10;2-1(3)4;;/h2-17H2,1H3,(H,19,20);13H,1-2H2,(H,7,8)(H,9,10)(H,11,12);(H2,2,3,4);;/q;;;+2;+1/p-3. The first-order valence-electron chi connectivity index (χ1n) is 12.8. The van der Waals surface area contributed by atoms with E-state index >= 15 is 0 Å². The zero-order valence-electron chi connectivity index (χ0n) is 23.5. The monoisotopic (exact) mass is 582 g/mol. The van der Waals surface area contributed by atoms with Gasteiger partial charge in [-0.25, -0.2) is 4.79 Å². The molecule has 4 N–H and O–H groups in total. The third-order valence-corrected chi connectivity index (χ3v) is 5.27. The first kappa shape index (κ1) is 47.7. The third kappa shape index (κ3) is 44.1. The fourth-order valence-electron chi connectivity index (χ4n) is 3.35. The van der Waals surface area contributed by atoms with E-state index in [2.05, 4.69) is 6.92 Å². The molecule has 0 aromatic rings. The van der Waals surface area contributed by atoms with E-state index in [4.69, 9.17) is 35.4 Å². The van der Waals surface area contributed by atoms with Gasteiger partial charge in [0.2, 0.25) is 0 Å². The van der Waals surface area contributed by atoms with E-state index in [1.807, 2.05) is 0 Å². The molecule has 12 nitrogen and oxygen atoms in total. The zero-order valence-corrected chi connectivity index (χ0v) is 26.9. The van der Waals surface area contributed by atoms with Gasteiger partial charge in [0.1, 0.15) is 0 Å². The van der Waals surface area contributed by atoms with Gasteiger partial charge in [-0.05, 0) is 19.0 Å². The molecule has 218 valence electrons. The van der Waals surface area contributed by atoms with Crippen molar-refractivity contribution in [2.24, 2.45) is 0 Å². The summed E-state index contributed by atoms with van der Waals surface area (Å²) < 4.78 is 0. The summed E-state index contributed by atoms with van der Waals surface area (Å²) in [5.41, 5.74) is -2.74. The van der Waals surface area contributed by atoms with E-state index in [1.165, 1.54) is 83.5 Å². The van der Waals surface area contributed by atoms with Crippen LogP contribution < -0.4 is 44.9 Å². The number of hydrogen-bond acceptors (Lipinski definition) is 9. The molecule has 0 bridgehead atoms. The molecule has 0 unspecified atom stereocenters. The minimum atomic E-state index is -2.74. The minimum Gasteiger partial charge on any atom is -0.652 e. The van der Waals surface area contributed by atoms with Crippen LogP contribution in [0.5, 0.6) is 0 Å². The van der Waals surface area contributed by atoms with Crippen LogP contribution in [0.25, 0.3) is 0 Å². The quantitative estimate of drug-likeness (QED) is 0.0843. The summed E-state index contributed by atoms with van der Waals surface area (Å²) in [4.78, 5) is 49.0. The number of carbonyl (C=O) groups excluding carboxylic acids is 2. The Balaban J connectivity index is -0.000000175. The largest absolute Gasteiger partial charge is 2.00 e. The molecule has 0 aliphatic rings. The van der Waals surface area contributed by atoms with Crippen LogP contribution in [0.4, 0.5) is 4.79 Å². The van der Waals surface area contributed by atoms with Crippen molar-refractivity contribution in [3.63, 3.8) is 0 Å². The van der Waals surface area contributed by atoms with Gasteiger partial charge < -0.3 is 45.3 Å². The number of carboxylic acids is 4. The summed E-state index contributed by atoms with van der Waals surface area (Å²) in [7, 11) is 0. The average Bonchev–Trinajstić information content (AvgIpc) is 2.75. The summed E-state index contributed by atoms with van der Waals surface area (Å²) in [6.45, 7) is 2.27. The zero-order chi connectivity index (χ0) is 29.1. The van der Waals surface area contributed by atoms with E-state index in [0.29, 0.717) is 0 Å². The number of hydrogen-bond donors (Lipinski definition) is 4. The van der Waals surface area contributed by atoms with Gasteiger partial charge in [0, 0.05) is 5.97 Å². The fraction of sp³-hybridized carbons (Fsp3) is 0.800. The molecular formula is C25H43MgNaO12. The number of carboxylic acid groups (broad SMARTS) is 6. The van der Waals surface area contributed by atoms with Crippen molar-refractivity contribution < 1.29 is 89.3 Å². The molecule has 0 atom stereocenters. The topological polar surface area (TPSA) is 235 Å². The predicted octanol–water partition coefficient (Wildman–Crippen LogP) is -2.07. The number of unbranched alkanes of at least 4 members (excludes halogenated alkanes) is 14. The molecule has 0 radical (unpaired) electrons. The molecule has 14 heteroatoms. The molecule has 0 fully saturated rings. The Morgan fingerprint density at radius 1 is 0.590 bits per heavy atom. The summed E-state index contributed by atoms with van der Waals surface area (Å²) in [6, 6.07) is 0. The van der Waals surface area contributed by atoms with E-state index in [-0.39, 0.29) is 59.0 Å². The van der Waals surface area contributed by atoms with Gasteiger partial charge in [-0.15, -0.1) is 0 Å². The van der Waals surface area contributed by atoms with Crippen LogP contribution >= 0.6 is 0 Å². The minimum absolute atomic E-state index is 0. The van der Waals surface area contributed by atoms with Crippen molar-refractivity contribution in [2.75, 3.05) is 0 Å². The molecule has 0 amide bonds. The van der Waals surface area contributed by atoms with Crippen molar-refractivity contribution in [2.45, 2.75) is 128 Å². The summed E-state index contributed by atoms with van der Waals surface area (Å²) in [5, 5.41) is 60.7. The molecule has 0 aliphatic heterocycles. The second kappa shape index (κ2) is 33.1. The van der Waals surface area contributed by atoms with Crippen molar-refractivity contribution in [3.05, 3.63) is 0 Å². The maximum absolute atomic E-state index is 10.3. The second-order valence-electron chi connectivity index (χ2n) is 8.80. The van der Waals surface area contributed by atoms with Crippen LogP contribution in [0.2, 0.25) is 0 Å². The van der Waals surface area contributed by atoms with Crippen molar-refractivity contribution in [1.29, 1.82) is 0 Å². The molecule has 0 saturated heterocycles. The summed E-state index contributed by atoms with van der Waals surface area (Å²) in [6.07, 6.45) is 15.2. The van der Waals surface area contributed by atoms with Crippen molar-refractivity contribution in [3.8, 4) is 0 Å². The molecule has 0 rings (SSSR count). The number of carbonyl (C=O) groups is 5. The predicted molar refractivity (Wildman–Crippen MR) is 133 cm³/mol. The van der Waals surface area contributed by atoms with Gasteiger partial charge in [0.25, 0.3) is 0 Å². The Hall–Kier alpha value is -1.12. The van der Waals surface area contributed by atoms with Crippen molar-refractivity contribution in [1.82, 2.24) is 0 Å². The average molecular weight is 583 g/mol. The summed E-state index contributed by atoms with van der Waals surface area (Å²) in [5.74, 6) is -5.92. The number of aliphatic hydroxyl groups is 1. The Labute approximate surface area is 269 Å². The Morgan fingerprint density at radius 2 is 0.846 bits per heavy atom. The van der Waals surface area contributed by atoms with Crippen LogP contribution in [-0.2, 0) is 19.2 Å². The van der Waals surface area contributed by atoms with Gasteiger partial charge in [-0.1, -0.05) is 96.8 Å². The molecule has 0 heterocycles.